The summed E-state index contributed by atoms with van der Waals surface area (Å²) < 4.78 is 12.0. The van der Waals surface area contributed by atoms with Gasteiger partial charge in [-0.3, -0.25) is 4.79 Å². The Bertz CT molecular complexity index is 789. The molecule has 2 rings (SSSR count). The number of hydrogen-bond donors (Lipinski definition) is 0. The van der Waals surface area contributed by atoms with E-state index in [9.17, 15) is 4.79 Å². The molecule has 0 aliphatic rings. The van der Waals surface area contributed by atoms with E-state index < -0.39 is 14.4 Å². The third-order valence-corrected chi connectivity index (χ3v) is 9.30. The third-order valence-electron chi connectivity index (χ3n) is 4.96. The summed E-state index contributed by atoms with van der Waals surface area (Å²) in [5.74, 6) is 0.564. The van der Waals surface area contributed by atoms with Crippen molar-refractivity contribution in [2.24, 2.45) is 0 Å². The van der Waals surface area contributed by atoms with Crippen molar-refractivity contribution < 1.29 is 14.0 Å². The lowest BCUT2D eigenvalue weighted by Gasteiger charge is -2.36. The molecule has 144 valence electrons. The molecule has 3 nitrogen and oxygen atoms in total. The molecule has 1 atom stereocenters. The fourth-order valence-corrected chi connectivity index (χ4v) is 3.41. The Kier molecular flexibility index (Phi) is 6.66. The molecule has 2 aromatic rings. The number of rotatable bonds is 6. The van der Waals surface area contributed by atoms with E-state index in [4.69, 9.17) is 9.16 Å². The molecule has 27 heavy (non-hydrogen) atoms. The summed E-state index contributed by atoms with van der Waals surface area (Å²) in [6, 6.07) is 17.7. The lowest BCUT2D eigenvalue weighted by atomic mass is 10.1. The predicted molar refractivity (Wildman–Crippen MR) is 114 cm³/mol. The van der Waals surface area contributed by atoms with Gasteiger partial charge in [0.2, 0.25) is 0 Å². The van der Waals surface area contributed by atoms with Crippen LogP contribution in [0.25, 0.3) is 6.08 Å². The van der Waals surface area contributed by atoms with E-state index in [2.05, 4.69) is 33.9 Å². The third kappa shape index (κ3) is 5.83. The zero-order valence-corrected chi connectivity index (χ0v) is 18.2. The van der Waals surface area contributed by atoms with Crippen LogP contribution in [0.1, 0.15) is 44.9 Å². The maximum atomic E-state index is 11.5. The Morgan fingerprint density at radius 1 is 1.00 bits per heavy atom. The molecule has 0 heterocycles. The maximum Gasteiger partial charge on any atom is 0.303 e. The van der Waals surface area contributed by atoms with Gasteiger partial charge in [0.15, 0.2) is 0 Å². The van der Waals surface area contributed by atoms with Gasteiger partial charge in [0, 0.05) is 12.5 Å². The minimum atomic E-state index is -1.94. The van der Waals surface area contributed by atoms with Gasteiger partial charge in [0.1, 0.15) is 11.9 Å². The van der Waals surface area contributed by atoms with E-state index >= 15 is 0 Å². The second kappa shape index (κ2) is 8.57. The van der Waals surface area contributed by atoms with Crippen molar-refractivity contribution in [3.8, 4) is 5.75 Å². The number of esters is 1. The topological polar surface area (TPSA) is 35.5 Å². The van der Waals surface area contributed by atoms with E-state index in [0.717, 1.165) is 16.9 Å². The molecule has 0 bridgehead atoms. The summed E-state index contributed by atoms with van der Waals surface area (Å²) in [4.78, 5) is 11.5. The molecule has 0 aliphatic heterocycles. The number of carbonyl (C=O) groups is 1. The Labute approximate surface area is 164 Å². The smallest absolute Gasteiger partial charge is 0.303 e. The quantitative estimate of drug-likeness (QED) is 0.429. The van der Waals surface area contributed by atoms with Crippen LogP contribution >= 0.6 is 0 Å². The fraction of sp³-hybridized carbons (Fsp3) is 0.348. The van der Waals surface area contributed by atoms with Crippen LogP contribution in [0.2, 0.25) is 18.1 Å². The molecule has 0 fully saturated rings. The normalized spacial score (nSPS) is 13.4. The van der Waals surface area contributed by atoms with Crippen LogP contribution in [0.15, 0.2) is 60.7 Å². The first kappa shape index (κ1) is 21.0. The van der Waals surface area contributed by atoms with Gasteiger partial charge in [0.05, 0.1) is 0 Å². The molecule has 1 unspecified atom stereocenters. The van der Waals surface area contributed by atoms with E-state index in [-0.39, 0.29) is 11.0 Å². The molecule has 0 N–H and O–H groups in total. The van der Waals surface area contributed by atoms with Crippen LogP contribution in [0.5, 0.6) is 5.75 Å². The molecule has 0 saturated heterocycles. The van der Waals surface area contributed by atoms with Crippen molar-refractivity contribution in [1.29, 1.82) is 0 Å². The Balaban J connectivity index is 2.31. The molecular formula is C23H30O3Si. The predicted octanol–water partition coefficient (Wildman–Crippen LogP) is 6.39. The number of hydrogen-bond acceptors (Lipinski definition) is 3. The van der Waals surface area contributed by atoms with Crippen molar-refractivity contribution in [2.75, 3.05) is 0 Å². The van der Waals surface area contributed by atoms with Gasteiger partial charge in [-0.25, -0.2) is 0 Å². The van der Waals surface area contributed by atoms with Crippen LogP contribution in [0.4, 0.5) is 0 Å². The second-order valence-electron chi connectivity index (χ2n) is 8.20. The van der Waals surface area contributed by atoms with Crippen LogP contribution in [0, 0.1) is 0 Å². The second-order valence-corrected chi connectivity index (χ2v) is 12.9. The highest BCUT2D eigenvalue weighted by molar-refractivity contribution is 6.74. The number of benzene rings is 2. The number of carbonyl (C=O) groups excluding carboxylic acids is 1. The SMILES string of the molecule is CC(=O)OC(/C=C/c1ccccc1O[Si](C)(C)C(C)(C)C)c1ccccc1. The number of ether oxygens (including phenoxy) is 1. The van der Waals surface area contributed by atoms with E-state index in [1.54, 1.807) is 0 Å². The van der Waals surface area contributed by atoms with Gasteiger partial charge < -0.3 is 9.16 Å². The Morgan fingerprint density at radius 3 is 2.19 bits per heavy atom. The van der Waals surface area contributed by atoms with Gasteiger partial charge in [-0.2, -0.15) is 0 Å². The van der Waals surface area contributed by atoms with Gasteiger partial charge in [-0.05, 0) is 35.8 Å². The molecule has 0 spiro atoms. The summed E-state index contributed by atoms with van der Waals surface area (Å²) in [6.07, 6.45) is 3.46. The van der Waals surface area contributed by atoms with Crippen molar-refractivity contribution in [3.05, 3.63) is 71.8 Å². The zero-order chi connectivity index (χ0) is 20.1. The van der Waals surface area contributed by atoms with Crippen LogP contribution in [-0.2, 0) is 9.53 Å². The highest BCUT2D eigenvalue weighted by Crippen LogP contribution is 2.38. The van der Waals surface area contributed by atoms with Crippen LogP contribution in [-0.4, -0.2) is 14.3 Å². The van der Waals surface area contributed by atoms with Gasteiger partial charge >= 0.3 is 5.97 Å². The van der Waals surface area contributed by atoms with E-state index in [0.29, 0.717) is 0 Å². The highest BCUT2D eigenvalue weighted by atomic mass is 28.4. The first-order chi connectivity index (χ1) is 12.6. The molecule has 0 amide bonds. The fourth-order valence-electron chi connectivity index (χ4n) is 2.37. The standard InChI is InChI=1S/C23H30O3Si/c1-18(24)25-21(19-12-8-7-9-13-19)17-16-20-14-10-11-15-22(20)26-27(5,6)23(2,3)4/h7-17,21H,1-6H3/b17-16+. The van der Waals surface area contributed by atoms with Gasteiger partial charge in [-0.15, -0.1) is 0 Å². The summed E-state index contributed by atoms with van der Waals surface area (Å²) in [7, 11) is -1.94. The van der Waals surface area contributed by atoms with Crippen molar-refractivity contribution >= 4 is 20.4 Å². The molecule has 2 aromatic carbocycles. The minimum Gasteiger partial charge on any atom is -0.543 e. The van der Waals surface area contributed by atoms with Crippen molar-refractivity contribution in [2.45, 2.75) is 51.9 Å². The lowest BCUT2D eigenvalue weighted by Crippen LogP contribution is -2.44. The first-order valence-corrected chi connectivity index (χ1v) is 12.2. The molecule has 0 aromatic heterocycles. The van der Waals surface area contributed by atoms with Crippen molar-refractivity contribution in [3.63, 3.8) is 0 Å². The molecule has 0 saturated carbocycles. The van der Waals surface area contributed by atoms with Gasteiger partial charge in [-0.1, -0.05) is 75.4 Å². The lowest BCUT2D eigenvalue weighted by molar-refractivity contribution is -0.144. The Hall–Kier alpha value is -2.33. The van der Waals surface area contributed by atoms with Crippen molar-refractivity contribution in [1.82, 2.24) is 0 Å². The average molecular weight is 383 g/mol. The van der Waals surface area contributed by atoms with Crippen LogP contribution < -0.4 is 4.43 Å². The number of para-hydroxylation sites is 1. The molecule has 0 radical (unpaired) electrons. The largest absolute Gasteiger partial charge is 0.543 e. The monoisotopic (exact) mass is 382 g/mol. The zero-order valence-electron chi connectivity index (χ0n) is 17.2. The molecule has 4 heteroatoms. The summed E-state index contributed by atoms with van der Waals surface area (Å²) in [5.41, 5.74) is 1.92. The summed E-state index contributed by atoms with van der Waals surface area (Å²) in [5, 5.41) is 0.119. The minimum absolute atomic E-state index is 0.119. The van der Waals surface area contributed by atoms with Crippen LogP contribution in [0.3, 0.4) is 0 Å². The van der Waals surface area contributed by atoms with E-state index in [1.165, 1.54) is 6.92 Å². The highest BCUT2D eigenvalue weighted by Gasteiger charge is 2.39. The van der Waals surface area contributed by atoms with Gasteiger partial charge in [0.25, 0.3) is 8.32 Å². The molecule has 0 aliphatic carbocycles. The maximum absolute atomic E-state index is 11.5. The summed E-state index contributed by atoms with van der Waals surface area (Å²) in [6.45, 7) is 12.6. The summed E-state index contributed by atoms with van der Waals surface area (Å²) >= 11 is 0. The van der Waals surface area contributed by atoms with E-state index in [1.807, 2.05) is 66.7 Å². The average Bonchev–Trinajstić information content (AvgIpc) is 2.59. The molecular weight excluding hydrogens is 352 g/mol. The first-order valence-electron chi connectivity index (χ1n) is 9.28. The Morgan fingerprint density at radius 2 is 1.59 bits per heavy atom.